The molecule has 0 bridgehead atoms. The molecule has 124 valence electrons. The number of unbranched alkanes of at least 4 members (excludes halogenated alkanes) is 9. The van der Waals surface area contributed by atoms with Gasteiger partial charge in [0, 0.05) is 23.6 Å². The summed E-state index contributed by atoms with van der Waals surface area (Å²) in [5.74, 6) is 0. The Hall–Kier alpha value is 1.83. The minimum Gasteiger partial charge on any atom is -0.759 e. The third kappa shape index (κ3) is 49.5. The van der Waals surface area contributed by atoms with Gasteiger partial charge >= 0.3 is 59.1 Å². The minimum atomic E-state index is -5.17. The predicted molar refractivity (Wildman–Crippen MR) is 78.8 cm³/mol. The van der Waals surface area contributed by atoms with Crippen molar-refractivity contribution in [2.75, 3.05) is 13.2 Å². The molecular weight excluding hydrogens is 326 g/mol. The molecule has 0 atom stereocenters. The Bertz CT molecular complexity index is 254. The Balaban J connectivity index is -0.000000201. The number of ether oxygens (including phenoxy) is 1. The average molecular weight is 356 g/mol. The normalized spacial score (nSPS) is 10.0. The van der Waals surface area contributed by atoms with Gasteiger partial charge in [-0.2, -0.15) is 0 Å². The monoisotopic (exact) mass is 356 g/mol. The van der Waals surface area contributed by atoms with Crippen molar-refractivity contribution in [3.63, 3.8) is 0 Å². The van der Waals surface area contributed by atoms with Crippen LogP contribution in [0.2, 0.25) is 0 Å². The van der Waals surface area contributed by atoms with Gasteiger partial charge in [0.25, 0.3) is 0 Å². The maximum Gasteiger partial charge on any atom is 1.00 e. The number of hydrogen-bond donors (Lipinski definition) is 0. The van der Waals surface area contributed by atoms with Crippen LogP contribution in [0.3, 0.4) is 0 Å². The molecule has 0 saturated heterocycles. The zero-order valence-corrected chi connectivity index (χ0v) is 19.8. The summed E-state index contributed by atoms with van der Waals surface area (Å²) < 4.78 is 39.4. The second-order valence-corrected chi connectivity index (χ2v) is 5.60. The third-order valence-corrected chi connectivity index (χ3v) is 2.85. The molecular formula is C14H30Na2O5S. The van der Waals surface area contributed by atoms with Gasteiger partial charge in [-0.3, -0.25) is 8.42 Å². The Morgan fingerprint density at radius 2 is 1.05 bits per heavy atom. The maximum atomic E-state index is 8.52. The van der Waals surface area contributed by atoms with Crippen molar-refractivity contribution in [1.29, 1.82) is 0 Å². The van der Waals surface area contributed by atoms with E-state index < -0.39 is 10.4 Å². The molecule has 0 fully saturated rings. The van der Waals surface area contributed by atoms with Gasteiger partial charge in [0.2, 0.25) is 0 Å². The van der Waals surface area contributed by atoms with Crippen molar-refractivity contribution >= 4 is 10.4 Å². The molecule has 0 aliphatic heterocycles. The van der Waals surface area contributed by atoms with E-state index in [0.717, 1.165) is 13.2 Å². The fourth-order valence-corrected chi connectivity index (χ4v) is 1.84. The maximum absolute atomic E-state index is 8.52. The van der Waals surface area contributed by atoms with Gasteiger partial charge in [-0.05, 0) is 13.3 Å². The fraction of sp³-hybridized carbons (Fsp3) is 1.00. The fourth-order valence-electron chi connectivity index (χ4n) is 1.84. The number of hydrogen-bond acceptors (Lipinski definition) is 5. The van der Waals surface area contributed by atoms with Crippen molar-refractivity contribution in [3.8, 4) is 0 Å². The van der Waals surface area contributed by atoms with E-state index in [1.165, 1.54) is 64.2 Å². The Labute approximate surface area is 181 Å². The third-order valence-electron chi connectivity index (χ3n) is 2.85. The van der Waals surface area contributed by atoms with Crippen molar-refractivity contribution in [2.24, 2.45) is 0 Å². The summed E-state index contributed by atoms with van der Waals surface area (Å²) in [6.45, 7) is 6.18. The van der Waals surface area contributed by atoms with Gasteiger partial charge in [0.05, 0.1) is 0 Å². The van der Waals surface area contributed by atoms with E-state index in [-0.39, 0.29) is 59.1 Å². The van der Waals surface area contributed by atoms with Gasteiger partial charge in [0.15, 0.2) is 0 Å². The van der Waals surface area contributed by atoms with E-state index in [9.17, 15) is 0 Å². The van der Waals surface area contributed by atoms with Crippen molar-refractivity contribution in [3.05, 3.63) is 0 Å². The van der Waals surface area contributed by atoms with E-state index in [2.05, 4.69) is 13.8 Å². The quantitative estimate of drug-likeness (QED) is 0.169. The minimum absolute atomic E-state index is 0. The van der Waals surface area contributed by atoms with Crippen LogP contribution in [-0.2, 0) is 15.1 Å². The van der Waals surface area contributed by atoms with Crippen LogP contribution in [0.5, 0.6) is 0 Å². The molecule has 8 heteroatoms. The summed E-state index contributed by atoms with van der Waals surface area (Å²) in [6, 6.07) is 0. The summed E-state index contributed by atoms with van der Waals surface area (Å²) in [5.41, 5.74) is 0. The molecule has 0 N–H and O–H groups in total. The first kappa shape index (κ1) is 31.6. The standard InChI is InChI=1S/C14H30O.2Na.H2O4S/c1-3-5-6-7-8-9-10-11-12-13-14-15-4-2;;;1-5(2,3)4/h3-14H2,1-2H3;;;(H2,1,2,3,4)/q;2*+1;/p-2. The van der Waals surface area contributed by atoms with Gasteiger partial charge in [0.1, 0.15) is 0 Å². The zero-order valence-electron chi connectivity index (χ0n) is 14.9. The van der Waals surface area contributed by atoms with Crippen LogP contribution in [0.25, 0.3) is 0 Å². The van der Waals surface area contributed by atoms with Gasteiger partial charge in [-0.15, -0.1) is 0 Å². The average Bonchev–Trinajstić information content (AvgIpc) is 2.34. The molecule has 0 rings (SSSR count). The molecule has 0 aliphatic rings. The molecule has 0 aromatic heterocycles. The summed E-state index contributed by atoms with van der Waals surface area (Å²) in [5, 5.41) is 0. The van der Waals surface area contributed by atoms with Crippen LogP contribution in [0, 0.1) is 0 Å². The first-order valence-electron chi connectivity index (χ1n) is 7.66. The topological polar surface area (TPSA) is 89.5 Å². The Kier molecular flexibility index (Phi) is 36.0. The summed E-state index contributed by atoms with van der Waals surface area (Å²) in [7, 11) is -5.17. The van der Waals surface area contributed by atoms with Gasteiger partial charge in [-0.1, -0.05) is 64.7 Å². The predicted octanol–water partition coefficient (Wildman–Crippen LogP) is -2.39. The largest absolute Gasteiger partial charge is 1.00 e. The molecule has 0 aromatic carbocycles. The van der Waals surface area contributed by atoms with Crippen LogP contribution in [0.1, 0.15) is 78.1 Å². The smallest absolute Gasteiger partial charge is 0.759 e. The van der Waals surface area contributed by atoms with Gasteiger partial charge in [-0.25, -0.2) is 0 Å². The molecule has 5 nitrogen and oxygen atoms in total. The van der Waals surface area contributed by atoms with Gasteiger partial charge < -0.3 is 13.8 Å². The van der Waals surface area contributed by atoms with Crippen LogP contribution >= 0.6 is 0 Å². The molecule has 0 unspecified atom stereocenters. The summed E-state index contributed by atoms with van der Waals surface area (Å²) in [4.78, 5) is 0. The first-order chi connectivity index (χ1) is 9.41. The van der Waals surface area contributed by atoms with E-state index in [4.69, 9.17) is 22.3 Å². The van der Waals surface area contributed by atoms with Crippen molar-refractivity contribution < 1.29 is 81.4 Å². The van der Waals surface area contributed by atoms with E-state index in [0.29, 0.717) is 0 Å². The molecule has 0 aliphatic carbocycles. The van der Waals surface area contributed by atoms with Crippen molar-refractivity contribution in [2.45, 2.75) is 78.1 Å². The van der Waals surface area contributed by atoms with Crippen LogP contribution in [-0.4, -0.2) is 30.7 Å². The first-order valence-corrected chi connectivity index (χ1v) is 8.99. The second kappa shape index (κ2) is 25.1. The van der Waals surface area contributed by atoms with Crippen LogP contribution < -0.4 is 59.1 Å². The molecule has 0 radical (unpaired) electrons. The number of rotatable bonds is 12. The molecule has 0 aromatic rings. The van der Waals surface area contributed by atoms with Crippen LogP contribution in [0.15, 0.2) is 0 Å². The second-order valence-electron chi connectivity index (χ2n) is 4.79. The summed E-state index contributed by atoms with van der Waals surface area (Å²) >= 11 is 0. The molecule has 0 spiro atoms. The van der Waals surface area contributed by atoms with Crippen LogP contribution in [0.4, 0.5) is 0 Å². The molecule has 0 amide bonds. The zero-order chi connectivity index (χ0) is 15.7. The SMILES string of the molecule is CCCCCCCCCCCCOCC.O=S(=O)([O-])[O-].[Na+].[Na+]. The van der Waals surface area contributed by atoms with Crippen molar-refractivity contribution in [1.82, 2.24) is 0 Å². The van der Waals surface area contributed by atoms with E-state index >= 15 is 0 Å². The molecule has 0 heterocycles. The van der Waals surface area contributed by atoms with E-state index in [1.54, 1.807) is 0 Å². The summed E-state index contributed by atoms with van der Waals surface area (Å²) in [6.07, 6.45) is 14.0. The Morgan fingerprint density at radius 1 is 0.727 bits per heavy atom. The molecule has 22 heavy (non-hydrogen) atoms. The Morgan fingerprint density at radius 3 is 1.36 bits per heavy atom. The van der Waals surface area contributed by atoms with E-state index in [1.807, 2.05) is 0 Å². The molecule has 0 saturated carbocycles.